The van der Waals surface area contributed by atoms with Crippen molar-refractivity contribution < 1.29 is 4.52 Å². The molecule has 2 fully saturated rings. The predicted molar refractivity (Wildman–Crippen MR) is 103 cm³/mol. The maximum absolute atomic E-state index is 5.58. The van der Waals surface area contributed by atoms with Crippen molar-refractivity contribution in [2.45, 2.75) is 64.7 Å². The molecule has 4 rings (SSSR count). The van der Waals surface area contributed by atoms with Crippen LogP contribution in [0.1, 0.15) is 69.0 Å². The summed E-state index contributed by atoms with van der Waals surface area (Å²) < 4.78 is 5.58. The minimum Gasteiger partial charge on any atom is -0.356 e. The second-order valence-corrected chi connectivity index (χ2v) is 8.60. The lowest BCUT2D eigenvalue weighted by Crippen LogP contribution is -2.34. The van der Waals surface area contributed by atoms with Crippen molar-refractivity contribution in [1.29, 1.82) is 0 Å². The molecule has 1 aromatic carbocycles. The van der Waals surface area contributed by atoms with E-state index in [1.165, 1.54) is 81.2 Å². The lowest BCUT2D eigenvalue weighted by molar-refractivity contribution is 0.180. The first-order valence-corrected chi connectivity index (χ1v) is 10.3. The topological polar surface area (TPSA) is 29.3 Å². The summed E-state index contributed by atoms with van der Waals surface area (Å²) in [5, 5.41) is 5.64. The van der Waals surface area contributed by atoms with Crippen molar-refractivity contribution in [2.24, 2.45) is 11.8 Å². The molecule has 2 aliphatic rings. The van der Waals surface area contributed by atoms with Gasteiger partial charge >= 0.3 is 0 Å². The number of hydrogen-bond donors (Lipinski definition) is 0. The first-order chi connectivity index (χ1) is 12.2. The van der Waals surface area contributed by atoms with Crippen molar-refractivity contribution in [3.05, 3.63) is 29.5 Å². The summed E-state index contributed by atoms with van der Waals surface area (Å²) in [5.74, 6) is 2.51. The molecule has 1 aliphatic carbocycles. The van der Waals surface area contributed by atoms with Gasteiger partial charge in [-0.2, -0.15) is 0 Å². The Morgan fingerprint density at radius 1 is 1.08 bits per heavy atom. The van der Waals surface area contributed by atoms with Crippen LogP contribution in [0.5, 0.6) is 0 Å². The number of hydrogen-bond acceptors (Lipinski definition) is 3. The third-order valence-corrected chi connectivity index (χ3v) is 6.62. The molecule has 3 heteroatoms. The molecule has 136 valence electrons. The van der Waals surface area contributed by atoms with Gasteiger partial charge in [-0.05, 0) is 75.4 Å². The number of likely N-dealkylation sites (tertiary alicyclic amines) is 1. The zero-order chi connectivity index (χ0) is 17.2. The molecule has 2 heterocycles. The highest BCUT2D eigenvalue weighted by Crippen LogP contribution is 2.34. The van der Waals surface area contributed by atoms with Gasteiger partial charge in [0.15, 0.2) is 5.58 Å². The molecule has 0 bridgehead atoms. The van der Waals surface area contributed by atoms with Crippen molar-refractivity contribution >= 4 is 11.0 Å². The standard InChI is InChI=1S/C22H32N2O/c1-16-3-6-18(7-4-16)9-12-24-13-10-19(11-14-24)22-20-8-5-17(2)15-21(20)25-23-22/h5,8,15-16,18-19H,3-4,6-7,9-14H2,1-2H3. The fourth-order valence-electron chi connectivity index (χ4n) is 4.77. The molecule has 2 aromatic rings. The molecule has 1 saturated carbocycles. The van der Waals surface area contributed by atoms with Gasteiger partial charge in [0.25, 0.3) is 0 Å². The number of aryl methyl sites for hydroxylation is 1. The lowest BCUT2D eigenvalue weighted by atomic mass is 9.81. The van der Waals surface area contributed by atoms with Crippen LogP contribution in [0.4, 0.5) is 0 Å². The van der Waals surface area contributed by atoms with Crippen LogP contribution in [-0.2, 0) is 0 Å². The van der Waals surface area contributed by atoms with E-state index in [9.17, 15) is 0 Å². The zero-order valence-corrected chi connectivity index (χ0v) is 15.8. The van der Waals surface area contributed by atoms with E-state index in [4.69, 9.17) is 4.52 Å². The third kappa shape index (κ3) is 3.92. The van der Waals surface area contributed by atoms with Crippen molar-refractivity contribution in [1.82, 2.24) is 10.1 Å². The Morgan fingerprint density at radius 3 is 2.60 bits per heavy atom. The Bertz CT molecular complexity index is 691. The summed E-state index contributed by atoms with van der Waals surface area (Å²) >= 11 is 0. The SMILES string of the molecule is Cc1ccc2c(C3CCN(CCC4CCC(C)CC4)CC3)noc2c1. The molecule has 0 N–H and O–H groups in total. The van der Waals surface area contributed by atoms with E-state index in [-0.39, 0.29) is 0 Å². The van der Waals surface area contributed by atoms with Crippen LogP contribution in [0.2, 0.25) is 0 Å². The Balaban J connectivity index is 1.29. The minimum atomic E-state index is 0.565. The number of benzene rings is 1. The molecule has 0 atom stereocenters. The number of aromatic nitrogens is 1. The second-order valence-electron chi connectivity index (χ2n) is 8.60. The van der Waals surface area contributed by atoms with Crippen molar-refractivity contribution in [2.75, 3.05) is 19.6 Å². The fraction of sp³-hybridized carbons (Fsp3) is 0.682. The Labute approximate surface area is 151 Å². The number of nitrogens with zero attached hydrogens (tertiary/aromatic N) is 2. The molecule has 0 unspecified atom stereocenters. The maximum Gasteiger partial charge on any atom is 0.167 e. The summed E-state index contributed by atoms with van der Waals surface area (Å²) in [4.78, 5) is 2.68. The number of rotatable bonds is 4. The normalized spacial score (nSPS) is 26.3. The number of piperidine rings is 1. The van der Waals surface area contributed by atoms with Gasteiger partial charge in [0.05, 0.1) is 5.69 Å². The van der Waals surface area contributed by atoms with Gasteiger partial charge in [0.2, 0.25) is 0 Å². The summed E-state index contributed by atoms with van der Waals surface area (Å²) in [6, 6.07) is 6.46. The van der Waals surface area contributed by atoms with Gasteiger partial charge < -0.3 is 9.42 Å². The smallest absolute Gasteiger partial charge is 0.167 e. The van der Waals surface area contributed by atoms with Crippen LogP contribution in [0, 0.1) is 18.8 Å². The molecule has 0 radical (unpaired) electrons. The van der Waals surface area contributed by atoms with Crippen LogP contribution in [0.15, 0.2) is 22.7 Å². The van der Waals surface area contributed by atoms with Gasteiger partial charge in [0.1, 0.15) is 0 Å². The third-order valence-electron chi connectivity index (χ3n) is 6.62. The summed E-state index contributed by atoms with van der Waals surface area (Å²) in [7, 11) is 0. The fourth-order valence-corrected chi connectivity index (χ4v) is 4.77. The van der Waals surface area contributed by atoms with Crippen LogP contribution < -0.4 is 0 Å². The summed E-state index contributed by atoms with van der Waals surface area (Å²) in [6.07, 6.45) is 9.67. The van der Waals surface area contributed by atoms with Gasteiger partial charge in [-0.3, -0.25) is 0 Å². The molecule has 3 nitrogen and oxygen atoms in total. The molecule has 1 aromatic heterocycles. The quantitative estimate of drug-likeness (QED) is 0.732. The minimum absolute atomic E-state index is 0.565. The van der Waals surface area contributed by atoms with Crippen LogP contribution in [-0.4, -0.2) is 29.7 Å². The van der Waals surface area contributed by atoms with E-state index in [1.54, 1.807) is 0 Å². The summed E-state index contributed by atoms with van der Waals surface area (Å²) in [6.45, 7) is 8.25. The Morgan fingerprint density at radius 2 is 1.84 bits per heavy atom. The van der Waals surface area contributed by atoms with E-state index < -0.39 is 0 Å². The first-order valence-electron chi connectivity index (χ1n) is 10.3. The Hall–Kier alpha value is -1.35. The number of fused-ring (bicyclic) bond motifs is 1. The van der Waals surface area contributed by atoms with Crippen molar-refractivity contribution in [3.63, 3.8) is 0 Å². The van der Waals surface area contributed by atoms with Crippen LogP contribution in [0.25, 0.3) is 11.0 Å². The van der Waals surface area contributed by atoms with Gasteiger partial charge in [0, 0.05) is 11.3 Å². The van der Waals surface area contributed by atoms with E-state index in [0.29, 0.717) is 5.92 Å². The van der Waals surface area contributed by atoms with Crippen LogP contribution in [0.3, 0.4) is 0 Å². The Kier molecular flexibility index (Phi) is 5.12. The van der Waals surface area contributed by atoms with E-state index in [2.05, 4.69) is 42.1 Å². The van der Waals surface area contributed by atoms with Gasteiger partial charge in [-0.15, -0.1) is 0 Å². The zero-order valence-electron chi connectivity index (χ0n) is 15.8. The van der Waals surface area contributed by atoms with E-state index >= 15 is 0 Å². The van der Waals surface area contributed by atoms with E-state index in [1.807, 2.05) is 0 Å². The van der Waals surface area contributed by atoms with E-state index in [0.717, 1.165) is 17.4 Å². The average molecular weight is 341 g/mol. The molecule has 1 aliphatic heterocycles. The van der Waals surface area contributed by atoms with Crippen molar-refractivity contribution in [3.8, 4) is 0 Å². The predicted octanol–water partition coefficient (Wildman–Crippen LogP) is 5.53. The highest BCUT2D eigenvalue weighted by molar-refractivity contribution is 5.80. The second kappa shape index (κ2) is 7.49. The molecule has 1 saturated heterocycles. The maximum atomic E-state index is 5.58. The van der Waals surface area contributed by atoms with Gasteiger partial charge in [-0.25, -0.2) is 0 Å². The highest BCUT2D eigenvalue weighted by atomic mass is 16.5. The molecule has 0 spiro atoms. The summed E-state index contributed by atoms with van der Waals surface area (Å²) in [5.41, 5.74) is 3.38. The van der Waals surface area contributed by atoms with Gasteiger partial charge in [-0.1, -0.05) is 43.8 Å². The largest absolute Gasteiger partial charge is 0.356 e. The molecular weight excluding hydrogens is 308 g/mol. The first kappa shape index (κ1) is 17.1. The molecular formula is C22H32N2O. The molecule has 0 amide bonds. The average Bonchev–Trinajstić information content (AvgIpc) is 3.04. The van der Waals surface area contributed by atoms with Crippen LogP contribution >= 0.6 is 0 Å². The highest BCUT2D eigenvalue weighted by Gasteiger charge is 2.26. The molecule has 25 heavy (non-hydrogen) atoms. The monoisotopic (exact) mass is 340 g/mol. The lowest BCUT2D eigenvalue weighted by Gasteiger charge is -2.33.